The average molecular weight is 410 g/mol. The van der Waals surface area contributed by atoms with E-state index in [1.54, 1.807) is 19.1 Å². The molecule has 0 unspecified atom stereocenters. The molecule has 0 amide bonds. The van der Waals surface area contributed by atoms with Crippen LogP contribution in [0.3, 0.4) is 0 Å². The molecule has 2 heterocycles. The van der Waals surface area contributed by atoms with E-state index in [4.69, 9.17) is 11.6 Å². The van der Waals surface area contributed by atoms with Crippen molar-refractivity contribution in [1.82, 2.24) is 14.3 Å². The van der Waals surface area contributed by atoms with Crippen molar-refractivity contribution in [3.63, 3.8) is 0 Å². The van der Waals surface area contributed by atoms with E-state index in [0.29, 0.717) is 42.6 Å². The number of hydrogen-bond donors (Lipinski definition) is 0. The second-order valence-corrected chi connectivity index (χ2v) is 9.17. The summed E-state index contributed by atoms with van der Waals surface area (Å²) in [5.74, 6) is 2.35. The summed E-state index contributed by atoms with van der Waals surface area (Å²) < 4.78 is 27.6. The van der Waals surface area contributed by atoms with Crippen LogP contribution in [0.25, 0.3) is 0 Å². The summed E-state index contributed by atoms with van der Waals surface area (Å²) in [7, 11) is 0.298. The average Bonchev–Trinajstić information content (AvgIpc) is 2.63. The van der Waals surface area contributed by atoms with Gasteiger partial charge in [0.25, 0.3) is 0 Å². The number of piperazine rings is 1. The van der Waals surface area contributed by atoms with Crippen molar-refractivity contribution in [3.8, 4) is 0 Å². The first-order valence-electron chi connectivity index (χ1n) is 8.73. The highest BCUT2D eigenvalue weighted by Crippen LogP contribution is 2.26. The highest BCUT2D eigenvalue weighted by molar-refractivity contribution is 7.89. The lowest BCUT2D eigenvalue weighted by Gasteiger charge is -2.35. The van der Waals surface area contributed by atoms with Crippen LogP contribution in [-0.4, -0.2) is 63.0 Å². The normalized spacial score (nSPS) is 15.8. The molecular weight excluding hydrogens is 386 g/mol. The number of nitrogens with zero attached hydrogens (tertiary/aromatic N) is 5. The van der Waals surface area contributed by atoms with Crippen LogP contribution in [0, 0.1) is 13.8 Å². The molecule has 1 saturated heterocycles. The molecule has 1 aromatic carbocycles. The van der Waals surface area contributed by atoms with Crippen LogP contribution in [0.5, 0.6) is 0 Å². The third kappa shape index (κ3) is 4.17. The Morgan fingerprint density at radius 2 is 1.70 bits per heavy atom. The summed E-state index contributed by atoms with van der Waals surface area (Å²) in [6.45, 7) is 5.58. The summed E-state index contributed by atoms with van der Waals surface area (Å²) >= 11 is 6.01. The number of halogens is 1. The van der Waals surface area contributed by atoms with E-state index in [1.165, 1.54) is 10.4 Å². The van der Waals surface area contributed by atoms with Crippen LogP contribution in [0.4, 0.5) is 11.6 Å². The predicted molar refractivity (Wildman–Crippen MR) is 108 cm³/mol. The highest BCUT2D eigenvalue weighted by atomic mass is 35.5. The molecule has 0 aliphatic carbocycles. The summed E-state index contributed by atoms with van der Waals surface area (Å²) in [5, 5.41) is 0.422. The summed E-state index contributed by atoms with van der Waals surface area (Å²) in [6, 6.07) is 6.89. The minimum atomic E-state index is -3.57. The Hall–Kier alpha value is -1.90. The van der Waals surface area contributed by atoms with Crippen molar-refractivity contribution in [2.24, 2.45) is 0 Å². The van der Waals surface area contributed by atoms with Crippen LogP contribution >= 0.6 is 11.6 Å². The smallest absolute Gasteiger partial charge is 0.243 e. The van der Waals surface area contributed by atoms with E-state index in [1.807, 2.05) is 32.0 Å². The van der Waals surface area contributed by atoms with Gasteiger partial charge in [-0.05, 0) is 31.5 Å². The first-order valence-corrected chi connectivity index (χ1v) is 10.5. The number of benzene rings is 1. The van der Waals surface area contributed by atoms with Crippen molar-refractivity contribution in [2.45, 2.75) is 18.7 Å². The zero-order valence-corrected chi connectivity index (χ0v) is 17.5. The molecule has 9 heteroatoms. The quantitative estimate of drug-likeness (QED) is 0.771. The molecule has 1 aliphatic heterocycles. The minimum Gasteiger partial charge on any atom is -0.363 e. The number of sulfonamides is 1. The Labute approximate surface area is 165 Å². The Morgan fingerprint density at radius 1 is 1.04 bits per heavy atom. The second kappa shape index (κ2) is 7.61. The topological polar surface area (TPSA) is 69.6 Å². The SMILES string of the molecule is Cc1nc(N(C)C)cc(N2CCN(S(=O)(=O)c3cc(Cl)ccc3C)CC2)n1. The maximum absolute atomic E-state index is 13.0. The fourth-order valence-electron chi connectivity index (χ4n) is 3.08. The second-order valence-electron chi connectivity index (χ2n) is 6.83. The number of hydrogen-bond acceptors (Lipinski definition) is 6. The van der Waals surface area contributed by atoms with E-state index < -0.39 is 10.0 Å². The van der Waals surface area contributed by atoms with E-state index in [-0.39, 0.29) is 4.90 Å². The van der Waals surface area contributed by atoms with Crippen molar-refractivity contribution in [3.05, 3.63) is 40.7 Å². The van der Waals surface area contributed by atoms with Gasteiger partial charge < -0.3 is 9.80 Å². The van der Waals surface area contributed by atoms with Gasteiger partial charge in [0.1, 0.15) is 17.5 Å². The minimum absolute atomic E-state index is 0.274. The lowest BCUT2D eigenvalue weighted by molar-refractivity contribution is 0.383. The lowest BCUT2D eigenvalue weighted by Crippen LogP contribution is -2.49. The highest BCUT2D eigenvalue weighted by Gasteiger charge is 2.30. The first kappa shape index (κ1) is 19.9. The van der Waals surface area contributed by atoms with Crippen molar-refractivity contribution in [2.75, 3.05) is 50.1 Å². The number of aryl methyl sites for hydroxylation is 2. The van der Waals surface area contributed by atoms with E-state index in [0.717, 1.165) is 11.6 Å². The van der Waals surface area contributed by atoms with E-state index in [2.05, 4.69) is 14.9 Å². The largest absolute Gasteiger partial charge is 0.363 e. The number of rotatable bonds is 4. The van der Waals surface area contributed by atoms with Gasteiger partial charge in [-0.3, -0.25) is 0 Å². The van der Waals surface area contributed by atoms with Gasteiger partial charge in [-0.1, -0.05) is 17.7 Å². The number of aromatic nitrogens is 2. The molecule has 0 bridgehead atoms. The van der Waals surface area contributed by atoms with Gasteiger partial charge in [0, 0.05) is 51.4 Å². The van der Waals surface area contributed by atoms with Crippen LogP contribution in [0.1, 0.15) is 11.4 Å². The van der Waals surface area contributed by atoms with Gasteiger partial charge in [-0.2, -0.15) is 4.31 Å². The molecule has 0 atom stereocenters. The van der Waals surface area contributed by atoms with Crippen LogP contribution in [0.2, 0.25) is 5.02 Å². The monoisotopic (exact) mass is 409 g/mol. The molecule has 3 rings (SSSR count). The first-order chi connectivity index (χ1) is 12.7. The zero-order valence-electron chi connectivity index (χ0n) is 16.0. The fraction of sp³-hybridized carbons (Fsp3) is 0.444. The lowest BCUT2D eigenvalue weighted by atomic mass is 10.2. The molecule has 1 aromatic heterocycles. The molecule has 0 radical (unpaired) electrons. The van der Waals surface area contributed by atoms with Crippen molar-refractivity contribution < 1.29 is 8.42 Å². The van der Waals surface area contributed by atoms with Crippen molar-refractivity contribution in [1.29, 1.82) is 0 Å². The molecule has 2 aromatic rings. The fourth-order valence-corrected chi connectivity index (χ4v) is 4.99. The van der Waals surface area contributed by atoms with Gasteiger partial charge in [0.05, 0.1) is 4.90 Å². The Bertz CT molecular complexity index is 941. The molecule has 27 heavy (non-hydrogen) atoms. The van der Waals surface area contributed by atoms with Crippen LogP contribution in [0.15, 0.2) is 29.2 Å². The maximum Gasteiger partial charge on any atom is 0.243 e. The van der Waals surface area contributed by atoms with Gasteiger partial charge in [-0.25, -0.2) is 18.4 Å². The Balaban J connectivity index is 1.78. The molecule has 1 fully saturated rings. The molecular formula is C18H24ClN5O2S. The summed E-state index contributed by atoms with van der Waals surface area (Å²) in [6.07, 6.45) is 0. The zero-order chi connectivity index (χ0) is 19.8. The molecule has 1 aliphatic rings. The maximum atomic E-state index is 13.0. The standard InChI is InChI=1S/C18H24ClN5O2S/c1-13-5-6-15(19)11-16(13)27(25,26)24-9-7-23(8-10-24)18-12-17(22(3)4)20-14(2)21-18/h5-6,11-12H,7-10H2,1-4H3. The van der Waals surface area contributed by atoms with Gasteiger partial charge in [-0.15, -0.1) is 0 Å². The Morgan fingerprint density at radius 3 is 2.33 bits per heavy atom. The molecule has 146 valence electrons. The van der Waals surface area contributed by atoms with E-state index in [9.17, 15) is 8.42 Å². The van der Waals surface area contributed by atoms with Crippen LogP contribution in [-0.2, 0) is 10.0 Å². The van der Waals surface area contributed by atoms with E-state index >= 15 is 0 Å². The van der Waals surface area contributed by atoms with Gasteiger partial charge in [0.15, 0.2) is 0 Å². The third-order valence-corrected chi connectivity index (χ3v) is 6.88. The van der Waals surface area contributed by atoms with Gasteiger partial charge in [0.2, 0.25) is 10.0 Å². The van der Waals surface area contributed by atoms with Crippen LogP contribution < -0.4 is 9.80 Å². The molecule has 0 N–H and O–H groups in total. The molecule has 7 nitrogen and oxygen atoms in total. The molecule has 0 saturated carbocycles. The molecule has 0 spiro atoms. The Kier molecular flexibility index (Phi) is 5.60. The summed E-state index contributed by atoms with van der Waals surface area (Å²) in [4.78, 5) is 13.2. The third-order valence-electron chi connectivity index (χ3n) is 4.60. The predicted octanol–water partition coefficient (Wildman–Crippen LogP) is 2.32. The van der Waals surface area contributed by atoms with Crippen molar-refractivity contribution >= 4 is 33.3 Å². The van der Waals surface area contributed by atoms with Gasteiger partial charge >= 0.3 is 0 Å². The number of anilines is 2. The summed E-state index contributed by atoms with van der Waals surface area (Å²) in [5.41, 5.74) is 0.698.